The van der Waals surface area contributed by atoms with E-state index in [4.69, 9.17) is 15.0 Å². The van der Waals surface area contributed by atoms with E-state index < -0.39 is 0 Å². The Kier molecular flexibility index (Phi) is 8.57. The maximum absolute atomic E-state index is 9.57. The summed E-state index contributed by atoms with van der Waals surface area (Å²) >= 11 is 0. The lowest BCUT2D eigenvalue weighted by Crippen LogP contribution is -2.01. The largest absolute Gasteiger partial charge is 0.208 e. The van der Waals surface area contributed by atoms with E-state index in [-0.39, 0.29) is 0 Å². The Morgan fingerprint density at radius 3 is 1.54 bits per heavy atom. The van der Waals surface area contributed by atoms with Crippen molar-refractivity contribution in [1.82, 2.24) is 15.0 Å². The number of nitrogens with zero attached hydrogens (tertiary/aromatic N) is 4. The maximum atomic E-state index is 9.57. The maximum Gasteiger partial charge on any atom is 0.164 e. The molecule has 0 saturated carbocycles. The number of nitriles is 1. The van der Waals surface area contributed by atoms with Crippen molar-refractivity contribution in [3.05, 3.63) is 200 Å². The van der Waals surface area contributed by atoms with Gasteiger partial charge in [-0.2, -0.15) is 5.26 Å². The quantitative estimate of drug-likeness (QED) is 0.167. The first-order chi connectivity index (χ1) is 26.7. The average Bonchev–Trinajstić information content (AvgIpc) is 3.26. The highest BCUT2D eigenvalue weighted by atomic mass is 15.0. The van der Waals surface area contributed by atoms with E-state index in [0.29, 0.717) is 23.0 Å². The molecule has 4 nitrogen and oxygen atoms in total. The third-order valence-electron chi connectivity index (χ3n) is 9.76. The zero-order chi connectivity index (χ0) is 36.3. The van der Waals surface area contributed by atoms with Crippen LogP contribution in [0, 0.1) is 11.3 Å². The van der Waals surface area contributed by atoms with Crippen molar-refractivity contribution < 1.29 is 0 Å². The van der Waals surface area contributed by atoms with E-state index in [1.54, 1.807) is 0 Å². The van der Waals surface area contributed by atoms with Gasteiger partial charge in [-0.15, -0.1) is 0 Å². The summed E-state index contributed by atoms with van der Waals surface area (Å²) in [4.78, 5) is 15.6. The number of aromatic nitrogens is 3. The zero-order valence-corrected chi connectivity index (χ0v) is 29.3. The van der Waals surface area contributed by atoms with Crippen molar-refractivity contribution >= 4 is 10.8 Å². The van der Waals surface area contributed by atoms with Crippen LogP contribution in [0.2, 0.25) is 0 Å². The molecule has 4 heteroatoms. The van der Waals surface area contributed by atoms with Crippen molar-refractivity contribution in [2.24, 2.45) is 0 Å². The van der Waals surface area contributed by atoms with Gasteiger partial charge in [-0.1, -0.05) is 164 Å². The minimum Gasteiger partial charge on any atom is -0.208 e. The summed E-state index contributed by atoms with van der Waals surface area (Å²) in [6.45, 7) is 0. The molecule has 54 heavy (non-hydrogen) atoms. The highest BCUT2D eigenvalue weighted by Gasteiger charge is 2.18. The SMILES string of the molecule is N#Cc1cccc(-c2cccc(-c3nc(-c4ccc(-c5ccccc5)cc4)nc(-c4cc(-c5ccccc5)ccc4-c4ccc5ccccc5c4)n3)c2)c1. The van der Waals surface area contributed by atoms with Crippen LogP contribution in [-0.2, 0) is 0 Å². The van der Waals surface area contributed by atoms with Gasteiger partial charge < -0.3 is 0 Å². The molecule has 0 saturated heterocycles. The normalized spacial score (nSPS) is 10.9. The highest BCUT2D eigenvalue weighted by molar-refractivity contribution is 5.92. The third kappa shape index (κ3) is 6.54. The second-order valence-electron chi connectivity index (χ2n) is 13.2. The highest BCUT2D eigenvalue weighted by Crippen LogP contribution is 2.37. The van der Waals surface area contributed by atoms with E-state index >= 15 is 0 Å². The van der Waals surface area contributed by atoms with Crippen molar-refractivity contribution in [2.45, 2.75) is 0 Å². The van der Waals surface area contributed by atoms with Crippen LogP contribution >= 0.6 is 0 Å². The van der Waals surface area contributed by atoms with E-state index in [1.807, 2.05) is 54.6 Å². The van der Waals surface area contributed by atoms with Crippen LogP contribution in [0.15, 0.2) is 194 Å². The number of hydrogen-bond acceptors (Lipinski definition) is 4. The lowest BCUT2D eigenvalue weighted by molar-refractivity contribution is 1.07. The fourth-order valence-corrected chi connectivity index (χ4v) is 6.95. The Hall–Kier alpha value is -7.48. The number of benzene rings is 8. The molecule has 0 bridgehead atoms. The molecule has 0 aliphatic carbocycles. The Labute approximate surface area is 314 Å². The molecule has 0 N–H and O–H groups in total. The molecule has 9 aromatic rings. The standard InChI is InChI=1S/C50H32N4/c51-33-34-11-9-18-40(29-34)42-19-10-20-45(31-42)49-52-48(39-24-21-38(22-25-39)35-12-3-1-4-13-35)53-50(54-49)47-32-43(36-14-5-2-6-15-36)27-28-46(47)44-26-23-37-16-7-8-17-41(37)30-44/h1-32H. The van der Waals surface area contributed by atoms with Gasteiger partial charge in [0.05, 0.1) is 11.6 Å². The van der Waals surface area contributed by atoms with Crippen molar-refractivity contribution in [1.29, 1.82) is 5.26 Å². The number of rotatable bonds is 7. The molecule has 1 heterocycles. The van der Waals surface area contributed by atoms with Crippen LogP contribution in [0.3, 0.4) is 0 Å². The van der Waals surface area contributed by atoms with Gasteiger partial charge >= 0.3 is 0 Å². The van der Waals surface area contributed by atoms with Gasteiger partial charge in [-0.3, -0.25) is 0 Å². The molecule has 9 rings (SSSR count). The van der Waals surface area contributed by atoms with Crippen molar-refractivity contribution in [3.8, 4) is 84.7 Å². The van der Waals surface area contributed by atoms with E-state index in [9.17, 15) is 5.26 Å². The first kappa shape index (κ1) is 32.4. The molecule has 0 amide bonds. The van der Waals surface area contributed by atoms with Crippen LogP contribution in [-0.4, -0.2) is 15.0 Å². The molecule has 0 aliphatic heterocycles. The first-order valence-corrected chi connectivity index (χ1v) is 17.9. The first-order valence-electron chi connectivity index (χ1n) is 17.9. The minimum absolute atomic E-state index is 0.565. The van der Waals surface area contributed by atoms with Crippen molar-refractivity contribution in [2.75, 3.05) is 0 Å². The molecule has 8 aromatic carbocycles. The topological polar surface area (TPSA) is 62.5 Å². The van der Waals surface area contributed by atoms with Crippen LogP contribution in [0.25, 0.3) is 89.4 Å². The molecule has 252 valence electrons. The zero-order valence-electron chi connectivity index (χ0n) is 29.3. The lowest BCUT2D eigenvalue weighted by Gasteiger charge is -2.15. The van der Waals surface area contributed by atoms with E-state index in [2.05, 4.69) is 146 Å². The summed E-state index contributed by atoms with van der Waals surface area (Å²) in [5, 5.41) is 11.9. The van der Waals surface area contributed by atoms with Crippen molar-refractivity contribution in [3.63, 3.8) is 0 Å². The van der Waals surface area contributed by atoms with E-state index in [1.165, 1.54) is 10.8 Å². The van der Waals surface area contributed by atoms with Crippen LogP contribution in [0.4, 0.5) is 0 Å². The molecule has 0 aliphatic rings. The average molecular weight is 689 g/mol. The molecule has 0 fully saturated rings. The lowest BCUT2D eigenvalue weighted by atomic mass is 9.93. The second-order valence-corrected chi connectivity index (χ2v) is 13.2. The van der Waals surface area contributed by atoms with Crippen LogP contribution in [0.5, 0.6) is 0 Å². The second kappa shape index (κ2) is 14.3. The molecule has 0 radical (unpaired) electrons. The van der Waals surface area contributed by atoms with Gasteiger partial charge in [0.2, 0.25) is 0 Å². The monoisotopic (exact) mass is 688 g/mol. The fourth-order valence-electron chi connectivity index (χ4n) is 6.95. The predicted molar refractivity (Wildman–Crippen MR) is 220 cm³/mol. The Balaban J connectivity index is 1.25. The van der Waals surface area contributed by atoms with Crippen LogP contribution < -0.4 is 0 Å². The molecule has 0 atom stereocenters. The van der Waals surface area contributed by atoms with Crippen LogP contribution in [0.1, 0.15) is 5.56 Å². The van der Waals surface area contributed by atoms with E-state index in [0.717, 1.165) is 61.2 Å². The van der Waals surface area contributed by atoms with Gasteiger partial charge in [0, 0.05) is 16.7 Å². The molecular formula is C50H32N4. The summed E-state index contributed by atoms with van der Waals surface area (Å²) < 4.78 is 0. The Morgan fingerprint density at radius 1 is 0.296 bits per heavy atom. The molecular weight excluding hydrogens is 657 g/mol. The third-order valence-corrected chi connectivity index (χ3v) is 9.76. The Bertz CT molecular complexity index is 2820. The summed E-state index contributed by atoms with van der Waals surface area (Å²) in [7, 11) is 0. The van der Waals surface area contributed by atoms with Gasteiger partial charge in [-0.05, 0) is 85.6 Å². The van der Waals surface area contributed by atoms with Gasteiger partial charge in [0.25, 0.3) is 0 Å². The smallest absolute Gasteiger partial charge is 0.164 e. The fraction of sp³-hybridized carbons (Fsp3) is 0. The van der Waals surface area contributed by atoms with Gasteiger partial charge in [0.1, 0.15) is 0 Å². The summed E-state index contributed by atoms with van der Waals surface area (Å²) in [6, 6.07) is 68.8. The molecule has 0 unspecified atom stereocenters. The molecule has 0 spiro atoms. The Morgan fingerprint density at radius 2 is 0.796 bits per heavy atom. The number of hydrogen-bond donors (Lipinski definition) is 0. The predicted octanol–water partition coefficient (Wildman–Crippen LogP) is 12.6. The van der Waals surface area contributed by atoms with Gasteiger partial charge in [-0.25, -0.2) is 15.0 Å². The molecule has 1 aromatic heterocycles. The summed E-state index contributed by atoms with van der Waals surface area (Å²) in [6.07, 6.45) is 0. The van der Waals surface area contributed by atoms with Gasteiger partial charge in [0.15, 0.2) is 17.5 Å². The summed E-state index contributed by atoms with van der Waals surface area (Å²) in [5.41, 5.74) is 11.8. The minimum atomic E-state index is 0.565. The summed E-state index contributed by atoms with van der Waals surface area (Å²) in [5.74, 6) is 1.73. The number of fused-ring (bicyclic) bond motifs is 1.